The molecule has 1 N–H and O–H groups in total. The first-order chi connectivity index (χ1) is 7.13. The molecule has 0 heterocycles. The number of alkyl halides is 1. The van der Waals surface area contributed by atoms with E-state index in [1.54, 1.807) is 0 Å². The van der Waals surface area contributed by atoms with Crippen LogP contribution in [0.25, 0.3) is 0 Å². The average Bonchev–Trinajstić information content (AvgIpc) is 2.25. The minimum absolute atomic E-state index is 0.00315. The summed E-state index contributed by atoms with van der Waals surface area (Å²) < 4.78 is 0. The molecule has 1 rings (SSSR count). The van der Waals surface area contributed by atoms with E-state index >= 15 is 0 Å². The molecule has 1 atom stereocenters. The molecule has 82 valence electrons. The lowest BCUT2D eigenvalue weighted by Crippen LogP contribution is -2.29. The third-order valence-electron chi connectivity index (χ3n) is 2.21. The third kappa shape index (κ3) is 4.04. The molecule has 0 aliphatic heterocycles. The van der Waals surface area contributed by atoms with Gasteiger partial charge in [0.15, 0.2) is 0 Å². The van der Waals surface area contributed by atoms with Crippen molar-refractivity contribution in [2.75, 3.05) is 6.54 Å². The van der Waals surface area contributed by atoms with Crippen molar-refractivity contribution in [1.29, 1.82) is 0 Å². The van der Waals surface area contributed by atoms with Gasteiger partial charge in [0.25, 0.3) is 5.91 Å². The topological polar surface area (TPSA) is 29.1 Å². The van der Waals surface area contributed by atoms with Gasteiger partial charge in [0.1, 0.15) is 0 Å². The first kappa shape index (κ1) is 12.2. The van der Waals surface area contributed by atoms with Crippen LogP contribution in [0.5, 0.6) is 0 Å². The van der Waals surface area contributed by atoms with Crippen LogP contribution in [0.3, 0.4) is 0 Å². The van der Waals surface area contributed by atoms with Gasteiger partial charge in [-0.2, -0.15) is 0 Å². The van der Waals surface area contributed by atoms with Crippen LogP contribution in [-0.2, 0) is 0 Å². The minimum Gasteiger partial charge on any atom is -0.351 e. The highest BCUT2D eigenvalue weighted by Crippen LogP contribution is 2.05. The van der Waals surface area contributed by atoms with Crippen molar-refractivity contribution in [2.45, 2.75) is 25.1 Å². The van der Waals surface area contributed by atoms with Crippen LogP contribution in [0.4, 0.5) is 0 Å². The highest BCUT2D eigenvalue weighted by atomic mass is 79.9. The summed E-state index contributed by atoms with van der Waals surface area (Å²) in [7, 11) is 0. The first-order valence-electron chi connectivity index (χ1n) is 5.12. The number of carbonyl (C=O) groups is 1. The number of amides is 1. The van der Waals surface area contributed by atoms with Gasteiger partial charge in [-0.05, 0) is 25.5 Å². The minimum atomic E-state index is -0.00315. The molecule has 0 spiro atoms. The molecule has 3 heteroatoms. The number of aryl methyl sites for hydroxylation is 1. The molecule has 0 saturated heterocycles. The van der Waals surface area contributed by atoms with Gasteiger partial charge in [0, 0.05) is 16.9 Å². The van der Waals surface area contributed by atoms with E-state index in [9.17, 15) is 4.79 Å². The van der Waals surface area contributed by atoms with Gasteiger partial charge in [0.2, 0.25) is 0 Å². The van der Waals surface area contributed by atoms with Crippen LogP contribution in [0, 0.1) is 6.92 Å². The number of carbonyl (C=O) groups excluding carboxylic acids is 1. The van der Waals surface area contributed by atoms with E-state index in [-0.39, 0.29) is 5.91 Å². The summed E-state index contributed by atoms with van der Waals surface area (Å²) in [6, 6.07) is 7.60. The molecular formula is C12H16BrNO. The fraction of sp³-hybridized carbons (Fsp3) is 0.417. The normalized spacial score (nSPS) is 12.2. The highest BCUT2D eigenvalue weighted by Gasteiger charge is 2.07. The lowest BCUT2D eigenvalue weighted by Gasteiger charge is -2.09. The van der Waals surface area contributed by atoms with E-state index in [2.05, 4.69) is 28.2 Å². The van der Waals surface area contributed by atoms with E-state index in [4.69, 9.17) is 0 Å². The maximum absolute atomic E-state index is 11.7. The monoisotopic (exact) mass is 269 g/mol. The number of nitrogens with one attached hydrogen (secondary N) is 1. The Morgan fingerprint density at radius 1 is 1.53 bits per heavy atom. The Hall–Kier alpha value is -0.830. The quantitative estimate of drug-likeness (QED) is 0.837. The Kier molecular flexibility index (Phi) is 4.82. The van der Waals surface area contributed by atoms with Crippen molar-refractivity contribution in [3.63, 3.8) is 0 Å². The molecule has 0 aromatic heterocycles. The molecular weight excluding hydrogens is 254 g/mol. The number of rotatable bonds is 4. The third-order valence-corrected chi connectivity index (χ3v) is 3.18. The Morgan fingerprint density at radius 2 is 2.27 bits per heavy atom. The molecule has 1 aromatic carbocycles. The van der Waals surface area contributed by atoms with E-state index in [0.717, 1.165) is 17.5 Å². The second kappa shape index (κ2) is 5.91. The van der Waals surface area contributed by atoms with E-state index in [1.807, 2.05) is 31.2 Å². The number of benzene rings is 1. The molecule has 2 nitrogen and oxygen atoms in total. The second-order valence-electron chi connectivity index (χ2n) is 3.59. The fourth-order valence-electron chi connectivity index (χ4n) is 1.24. The zero-order chi connectivity index (χ0) is 11.3. The summed E-state index contributed by atoms with van der Waals surface area (Å²) in [5.74, 6) is -0.00315. The van der Waals surface area contributed by atoms with Crippen LogP contribution >= 0.6 is 15.9 Å². The number of hydrogen-bond donors (Lipinski definition) is 1. The van der Waals surface area contributed by atoms with Crippen LogP contribution in [0.1, 0.15) is 29.3 Å². The van der Waals surface area contributed by atoms with Gasteiger partial charge in [0.05, 0.1) is 0 Å². The standard InChI is InChI=1S/C12H16BrNO/c1-3-11(13)8-14-12(15)10-6-4-5-9(2)7-10/h4-7,11H,3,8H2,1-2H3,(H,14,15). The second-order valence-corrected chi connectivity index (χ2v) is 4.88. The van der Waals surface area contributed by atoms with Gasteiger partial charge in [-0.1, -0.05) is 40.5 Å². The molecule has 0 saturated carbocycles. The number of halogens is 1. The Labute approximate surface area is 99.2 Å². The Morgan fingerprint density at radius 3 is 2.87 bits per heavy atom. The van der Waals surface area contributed by atoms with Crippen molar-refractivity contribution in [2.24, 2.45) is 0 Å². The predicted octanol–water partition coefficient (Wildman–Crippen LogP) is 2.90. The zero-order valence-corrected chi connectivity index (χ0v) is 10.7. The molecule has 0 aliphatic carbocycles. The molecule has 1 aromatic rings. The molecule has 0 aliphatic rings. The maximum atomic E-state index is 11.7. The largest absolute Gasteiger partial charge is 0.351 e. The molecule has 0 bridgehead atoms. The summed E-state index contributed by atoms with van der Waals surface area (Å²) in [5, 5.41) is 2.89. The zero-order valence-electron chi connectivity index (χ0n) is 9.09. The summed E-state index contributed by atoms with van der Waals surface area (Å²) in [6.07, 6.45) is 1.01. The molecule has 1 amide bonds. The first-order valence-corrected chi connectivity index (χ1v) is 6.04. The molecule has 0 fully saturated rings. The van der Waals surface area contributed by atoms with Gasteiger partial charge in [-0.15, -0.1) is 0 Å². The van der Waals surface area contributed by atoms with Crippen molar-refractivity contribution >= 4 is 21.8 Å². The summed E-state index contributed by atoms with van der Waals surface area (Å²) in [4.78, 5) is 12.0. The summed E-state index contributed by atoms with van der Waals surface area (Å²) in [5.41, 5.74) is 1.83. The van der Waals surface area contributed by atoms with Crippen molar-refractivity contribution < 1.29 is 4.79 Å². The van der Waals surface area contributed by atoms with Gasteiger partial charge >= 0.3 is 0 Å². The van der Waals surface area contributed by atoms with Crippen LogP contribution in [0.2, 0.25) is 0 Å². The lowest BCUT2D eigenvalue weighted by molar-refractivity contribution is 0.0954. The van der Waals surface area contributed by atoms with Crippen molar-refractivity contribution in [3.05, 3.63) is 35.4 Å². The van der Waals surface area contributed by atoms with Gasteiger partial charge < -0.3 is 5.32 Å². The smallest absolute Gasteiger partial charge is 0.251 e. The number of hydrogen-bond acceptors (Lipinski definition) is 1. The average molecular weight is 270 g/mol. The fourth-order valence-corrected chi connectivity index (χ4v) is 1.40. The SMILES string of the molecule is CCC(Br)CNC(=O)c1cccc(C)c1. The van der Waals surface area contributed by atoms with E-state index < -0.39 is 0 Å². The van der Waals surface area contributed by atoms with Crippen LogP contribution in [-0.4, -0.2) is 17.3 Å². The van der Waals surface area contributed by atoms with Crippen molar-refractivity contribution in [1.82, 2.24) is 5.32 Å². The Balaban J connectivity index is 2.54. The van der Waals surface area contributed by atoms with E-state index in [1.165, 1.54) is 0 Å². The Bertz CT molecular complexity index is 338. The molecule has 1 unspecified atom stereocenters. The van der Waals surface area contributed by atoms with E-state index in [0.29, 0.717) is 11.4 Å². The lowest BCUT2D eigenvalue weighted by atomic mass is 10.1. The van der Waals surface area contributed by atoms with Gasteiger partial charge in [-0.3, -0.25) is 4.79 Å². The maximum Gasteiger partial charge on any atom is 0.251 e. The van der Waals surface area contributed by atoms with Crippen molar-refractivity contribution in [3.8, 4) is 0 Å². The highest BCUT2D eigenvalue weighted by molar-refractivity contribution is 9.09. The molecule has 0 radical (unpaired) electrons. The van der Waals surface area contributed by atoms with Crippen LogP contribution in [0.15, 0.2) is 24.3 Å². The summed E-state index contributed by atoms with van der Waals surface area (Å²) >= 11 is 3.48. The van der Waals surface area contributed by atoms with Crippen LogP contribution < -0.4 is 5.32 Å². The predicted molar refractivity (Wildman–Crippen MR) is 66.5 cm³/mol. The van der Waals surface area contributed by atoms with Gasteiger partial charge in [-0.25, -0.2) is 0 Å². The molecule has 15 heavy (non-hydrogen) atoms. The summed E-state index contributed by atoms with van der Waals surface area (Å²) in [6.45, 7) is 4.73.